The molecule has 6 heteroatoms. The molecular weight excluding hydrogens is 296 g/mol. The SMILES string of the molecule is CC(C)[C@@H]1C=CCN(C(=O)OC(C)(C)C)N1C(=O)OC(C)(C)C. The van der Waals surface area contributed by atoms with Gasteiger partial charge in [0.05, 0.1) is 12.6 Å². The third-order valence-electron chi connectivity index (χ3n) is 3.02. The molecule has 0 bridgehead atoms. The first kappa shape index (κ1) is 19.3. The normalized spacial score (nSPS) is 19.1. The lowest BCUT2D eigenvalue weighted by Crippen LogP contribution is -2.59. The number of hydrogen-bond acceptors (Lipinski definition) is 4. The van der Waals surface area contributed by atoms with E-state index >= 15 is 0 Å². The maximum atomic E-state index is 12.6. The fourth-order valence-electron chi connectivity index (χ4n) is 2.14. The summed E-state index contributed by atoms with van der Waals surface area (Å²) in [6.07, 6.45) is 2.69. The maximum absolute atomic E-state index is 12.6. The van der Waals surface area contributed by atoms with Crippen LogP contribution in [0.4, 0.5) is 9.59 Å². The van der Waals surface area contributed by atoms with Crippen LogP contribution in [0, 0.1) is 5.92 Å². The second-order valence-electron chi connectivity index (χ2n) is 8.05. The van der Waals surface area contributed by atoms with Crippen LogP contribution in [-0.4, -0.2) is 46.0 Å². The molecule has 0 aromatic rings. The first-order chi connectivity index (χ1) is 10.3. The Kier molecular flexibility index (Phi) is 5.72. The summed E-state index contributed by atoms with van der Waals surface area (Å²) < 4.78 is 10.9. The second kappa shape index (κ2) is 6.81. The van der Waals surface area contributed by atoms with Crippen molar-refractivity contribution in [1.82, 2.24) is 10.0 Å². The first-order valence-corrected chi connectivity index (χ1v) is 8.01. The van der Waals surface area contributed by atoms with Crippen LogP contribution < -0.4 is 0 Å². The molecule has 1 rings (SSSR count). The molecule has 0 spiro atoms. The average molecular weight is 326 g/mol. The summed E-state index contributed by atoms with van der Waals surface area (Å²) in [4.78, 5) is 25.1. The molecule has 2 amide bonds. The largest absolute Gasteiger partial charge is 0.442 e. The van der Waals surface area contributed by atoms with Crippen LogP contribution in [0.15, 0.2) is 12.2 Å². The van der Waals surface area contributed by atoms with Crippen molar-refractivity contribution in [2.75, 3.05) is 6.54 Å². The molecular formula is C17H30N2O4. The zero-order valence-electron chi connectivity index (χ0n) is 15.5. The zero-order chi connectivity index (χ0) is 18.0. The summed E-state index contributed by atoms with van der Waals surface area (Å²) in [6.45, 7) is 15.0. The predicted molar refractivity (Wildman–Crippen MR) is 88.8 cm³/mol. The minimum atomic E-state index is -0.640. The van der Waals surface area contributed by atoms with E-state index in [1.807, 2.05) is 26.0 Å². The van der Waals surface area contributed by atoms with Crippen LogP contribution in [0.3, 0.4) is 0 Å². The molecule has 1 atom stereocenters. The van der Waals surface area contributed by atoms with E-state index in [-0.39, 0.29) is 18.5 Å². The van der Waals surface area contributed by atoms with Crippen molar-refractivity contribution in [1.29, 1.82) is 0 Å². The lowest BCUT2D eigenvalue weighted by molar-refractivity contribution is -0.0777. The molecule has 6 nitrogen and oxygen atoms in total. The van der Waals surface area contributed by atoms with Gasteiger partial charge in [0.1, 0.15) is 11.2 Å². The van der Waals surface area contributed by atoms with Crippen LogP contribution in [0.2, 0.25) is 0 Å². The van der Waals surface area contributed by atoms with Crippen LogP contribution in [0.5, 0.6) is 0 Å². The lowest BCUT2D eigenvalue weighted by Gasteiger charge is -2.43. The molecule has 0 aromatic carbocycles. The summed E-state index contributed by atoms with van der Waals surface area (Å²) in [5, 5.41) is 2.67. The number of hydrazine groups is 1. The van der Waals surface area contributed by atoms with Crippen LogP contribution in [0.1, 0.15) is 55.4 Å². The van der Waals surface area contributed by atoms with Gasteiger partial charge < -0.3 is 9.47 Å². The van der Waals surface area contributed by atoms with Gasteiger partial charge in [-0.05, 0) is 47.5 Å². The Morgan fingerprint density at radius 2 is 1.48 bits per heavy atom. The summed E-state index contributed by atoms with van der Waals surface area (Å²) >= 11 is 0. The minimum absolute atomic E-state index is 0.129. The van der Waals surface area contributed by atoms with Crippen molar-refractivity contribution in [3.63, 3.8) is 0 Å². The molecule has 0 N–H and O–H groups in total. The molecule has 0 aromatic heterocycles. The Morgan fingerprint density at radius 3 is 1.91 bits per heavy atom. The van der Waals surface area contributed by atoms with Gasteiger partial charge in [0.25, 0.3) is 0 Å². The molecule has 0 fully saturated rings. The van der Waals surface area contributed by atoms with E-state index < -0.39 is 23.4 Å². The fraction of sp³-hybridized carbons (Fsp3) is 0.765. The predicted octanol–water partition coefficient (Wildman–Crippen LogP) is 3.97. The molecule has 23 heavy (non-hydrogen) atoms. The van der Waals surface area contributed by atoms with E-state index in [9.17, 15) is 9.59 Å². The average Bonchev–Trinajstić information content (AvgIpc) is 2.33. The van der Waals surface area contributed by atoms with Crippen molar-refractivity contribution in [3.05, 3.63) is 12.2 Å². The molecule has 132 valence electrons. The highest BCUT2D eigenvalue weighted by molar-refractivity contribution is 5.75. The van der Waals surface area contributed by atoms with Crippen molar-refractivity contribution in [2.24, 2.45) is 5.92 Å². The molecule has 1 aliphatic rings. The van der Waals surface area contributed by atoms with E-state index in [1.54, 1.807) is 41.5 Å². The monoisotopic (exact) mass is 326 g/mol. The van der Waals surface area contributed by atoms with Crippen molar-refractivity contribution in [3.8, 4) is 0 Å². The van der Waals surface area contributed by atoms with Crippen LogP contribution >= 0.6 is 0 Å². The van der Waals surface area contributed by atoms with Gasteiger partial charge >= 0.3 is 12.2 Å². The van der Waals surface area contributed by atoms with Crippen molar-refractivity contribution >= 4 is 12.2 Å². The topological polar surface area (TPSA) is 59.1 Å². The number of hydrogen-bond donors (Lipinski definition) is 0. The van der Waals surface area contributed by atoms with Gasteiger partial charge in [-0.25, -0.2) is 19.6 Å². The van der Waals surface area contributed by atoms with E-state index in [0.29, 0.717) is 0 Å². The molecule has 1 aliphatic heterocycles. The third kappa shape index (κ3) is 5.77. The highest BCUT2D eigenvalue weighted by Crippen LogP contribution is 2.24. The molecule has 0 aliphatic carbocycles. The number of rotatable bonds is 1. The van der Waals surface area contributed by atoms with Crippen LogP contribution in [0.25, 0.3) is 0 Å². The Labute approximate surface area is 139 Å². The molecule has 0 saturated heterocycles. The standard InChI is InChI=1S/C17H30N2O4/c1-12(2)13-10-9-11-18(14(20)22-16(3,4)5)19(13)15(21)23-17(6,7)8/h9-10,12-13H,11H2,1-8H3/t13-/m0/s1. The smallest absolute Gasteiger partial charge is 0.430 e. The number of nitrogens with zero attached hydrogens (tertiary/aromatic N) is 2. The fourth-order valence-corrected chi connectivity index (χ4v) is 2.14. The summed E-state index contributed by atoms with van der Waals surface area (Å²) in [6, 6.07) is -0.258. The lowest BCUT2D eigenvalue weighted by atomic mass is 10.0. The van der Waals surface area contributed by atoms with E-state index in [1.165, 1.54) is 10.0 Å². The number of ether oxygens (including phenoxy) is 2. The van der Waals surface area contributed by atoms with E-state index in [0.717, 1.165) is 0 Å². The van der Waals surface area contributed by atoms with Gasteiger partial charge in [0.15, 0.2) is 0 Å². The van der Waals surface area contributed by atoms with E-state index in [4.69, 9.17) is 9.47 Å². The highest BCUT2D eigenvalue weighted by Gasteiger charge is 2.39. The van der Waals surface area contributed by atoms with Gasteiger partial charge in [-0.3, -0.25) is 0 Å². The highest BCUT2D eigenvalue weighted by atomic mass is 16.6. The number of carbonyl (C=O) groups is 2. The summed E-state index contributed by atoms with van der Waals surface area (Å²) in [7, 11) is 0. The zero-order valence-corrected chi connectivity index (χ0v) is 15.5. The van der Waals surface area contributed by atoms with Crippen molar-refractivity contribution in [2.45, 2.75) is 72.6 Å². The molecule has 1 heterocycles. The van der Waals surface area contributed by atoms with Gasteiger partial charge in [0, 0.05) is 0 Å². The molecule has 0 saturated carbocycles. The first-order valence-electron chi connectivity index (χ1n) is 8.01. The Bertz CT molecular complexity index is 472. The van der Waals surface area contributed by atoms with Gasteiger partial charge in [-0.15, -0.1) is 0 Å². The number of amides is 2. The maximum Gasteiger partial charge on any atom is 0.430 e. The number of carbonyl (C=O) groups excluding carboxylic acids is 2. The van der Waals surface area contributed by atoms with Gasteiger partial charge in [-0.2, -0.15) is 0 Å². The van der Waals surface area contributed by atoms with Gasteiger partial charge in [0.2, 0.25) is 0 Å². The van der Waals surface area contributed by atoms with E-state index in [2.05, 4.69) is 0 Å². The van der Waals surface area contributed by atoms with Crippen LogP contribution in [-0.2, 0) is 9.47 Å². The molecule has 0 unspecified atom stereocenters. The minimum Gasteiger partial charge on any atom is -0.442 e. The Balaban J connectivity index is 3.09. The Morgan fingerprint density at radius 1 is 1.00 bits per heavy atom. The third-order valence-corrected chi connectivity index (χ3v) is 3.02. The van der Waals surface area contributed by atoms with Crippen molar-refractivity contribution < 1.29 is 19.1 Å². The van der Waals surface area contributed by atoms with Gasteiger partial charge in [-0.1, -0.05) is 26.0 Å². The second-order valence-corrected chi connectivity index (χ2v) is 8.05. The summed E-state index contributed by atoms with van der Waals surface area (Å²) in [5.41, 5.74) is -1.27. The summed E-state index contributed by atoms with van der Waals surface area (Å²) in [5.74, 6) is 0.129. The quantitative estimate of drug-likeness (QED) is 0.684. The Hall–Kier alpha value is -1.72. The molecule has 0 radical (unpaired) electrons.